The van der Waals surface area contributed by atoms with Gasteiger partial charge in [-0.05, 0) is 109 Å². The number of esters is 1. The Hall–Kier alpha value is -4.36. The van der Waals surface area contributed by atoms with E-state index >= 15 is 0 Å². The van der Waals surface area contributed by atoms with Crippen molar-refractivity contribution in [2.75, 3.05) is 6.54 Å². The van der Waals surface area contributed by atoms with Crippen molar-refractivity contribution in [2.45, 2.75) is 247 Å². The van der Waals surface area contributed by atoms with Gasteiger partial charge in [-0.25, -0.2) is 0 Å². The lowest BCUT2D eigenvalue weighted by molar-refractivity contribution is -0.306. The predicted molar refractivity (Wildman–Crippen MR) is 332 cm³/mol. The Labute approximate surface area is 511 Å². The molecule has 0 aromatic heterocycles. The summed E-state index contributed by atoms with van der Waals surface area (Å²) in [7, 11) is 0. The van der Waals surface area contributed by atoms with Crippen molar-refractivity contribution < 1.29 is 90.2 Å². The molecule has 19 nitrogen and oxygen atoms in total. The molecule has 0 aromatic carbocycles. The minimum Gasteiger partial charge on any atom is -0.458 e. The van der Waals surface area contributed by atoms with Crippen molar-refractivity contribution in [3.8, 4) is 0 Å². The van der Waals surface area contributed by atoms with E-state index < -0.39 is 134 Å². The first kappa shape index (κ1) is 77.7. The van der Waals surface area contributed by atoms with Gasteiger partial charge in [-0.3, -0.25) is 9.59 Å². The molecule has 0 aromatic rings. The number of aliphatic hydroxyl groups is 13. The van der Waals surface area contributed by atoms with Crippen molar-refractivity contribution in [2.24, 2.45) is 23.5 Å². The lowest BCUT2D eigenvalue weighted by atomic mass is 9.88. The standard InChI is InChI=1S/C67H107NO18/c1-6-7-25-49-26-18-19-34-59(77)47(4)63(80)45(2)24-16-14-12-10-8-9-11-13-15-17-35-62(79)85-58(33-22-29-50(69)27-20-28-51(70)32-23-38-68)43-56(75)41-54(73)39-52(71)30-21-31-53(72)40-55(74)42-57(76)44-60(78)46(3)61(37-36-49)86-67-66(83)65(82)64(81)48(5)84-67/h6,8-16,19-22,24,27,31,33-34,36,45-48,50-59,61,63-67,69-77,80-83H,1,7,17-18,23,25-26,28-30,32,35,37-44,68H2,2-5H3/b10-8+,11-9+,14-12+,15-13+,24-16+,27-20+,31-21+,33-22+,34-19+,49-36-/t45-,46+,47+,48-,50-,51-,52+,53-,54+,55-,56+,57-,58-,59-,61-,63-,64-,65+,66-,67-/m0/s1. The second-order valence-corrected chi connectivity index (χ2v) is 23.1. The fourth-order valence-corrected chi connectivity index (χ4v) is 9.81. The number of carbonyl (C=O) groups is 2. The van der Waals surface area contributed by atoms with Gasteiger partial charge in [0.1, 0.15) is 30.2 Å². The summed E-state index contributed by atoms with van der Waals surface area (Å²) in [5.41, 5.74) is 6.50. The summed E-state index contributed by atoms with van der Waals surface area (Å²) in [5, 5.41) is 140. The van der Waals surface area contributed by atoms with Crippen molar-refractivity contribution in [3.63, 3.8) is 0 Å². The number of Topliss-reactive ketones (excluding diaryl/α,β-unsaturated/α-hetero) is 1. The molecule has 86 heavy (non-hydrogen) atoms. The van der Waals surface area contributed by atoms with Crippen LogP contribution in [-0.4, -0.2) is 189 Å². The molecule has 20 atom stereocenters. The van der Waals surface area contributed by atoms with Crippen molar-refractivity contribution in [1.82, 2.24) is 0 Å². The van der Waals surface area contributed by atoms with Gasteiger partial charge in [-0.1, -0.05) is 142 Å². The molecule has 19 heteroatoms. The molecule has 0 aliphatic carbocycles. The number of ether oxygens (including phenoxy) is 3. The Kier molecular flexibility index (Phi) is 40.7. The lowest BCUT2D eigenvalue weighted by Crippen LogP contribution is -2.58. The maximum Gasteiger partial charge on any atom is 0.306 e. The van der Waals surface area contributed by atoms with Crippen molar-refractivity contribution >= 4 is 11.8 Å². The third kappa shape index (κ3) is 33.8. The van der Waals surface area contributed by atoms with Crippen LogP contribution in [0.3, 0.4) is 0 Å². The van der Waals surface area contributed by atoms with E-state index in [0.29, 0.717) is 57.9 Å². The van der Waals surface area contributed by atoms with Crippen LogP contribution in [0.4, 0.5) is 0 Å². The maximum absolute atomic E-state index is 13.9. The lowest BCUT2D eigenvalue weighted by Gasteiger charge is -2.41. The van der Waals surface area contributed by atoms with Crippen LogP contribution in [0.2, 0.25) is 0 Å². The molecule has 488 valence electrons. The van der Waals surface area contributed by atoms with Crippen molar-refractivity contribution in [3.05, 3.63) is 134 Å². The molecule has 2 rings (SSSR count). The average molecular weight is 1210 g/mol. The average Bonchev–Trinajstić information content (AvgIpc) is 2.13. The Balaban J connectivity index is 2.33. The topological polar surface area (TPSA) is 351 Å². The van der Waals surface area contributed by atoms with Gasteiger partial charge >= 0.3 is 5.97 Å². The summed E-state index contributed by atoms with van der Waals surface area (Å²) < 4.78 is 17.7. The third-order valence-corrected chi connectivity index (χ3v) is 15.3. The fraction of sp³-hybridized carbons (Fsp3) is 0.642. The molecule has 15 N–H and O–H groups in total. The van der Waals surface area contributed by atoms with Crippen LogP contribution in [0.5, 0.6) is 0 Å². The highest BCUT2D eigenvalue weighted by molar-refractivity contribution is 5.81. The van der Waals surface area contributed by atoms with E-state index in [-0.39, 0.29) is 63.7 Å². The number of hydrogen-bond acceptors (Lipinski definition) is 19. The monoisotopic (exact) mass is 1210 g/mol. The van der Waals surface area contributed by atoms with Gasteiger partial charge in [0.05, 0.1) is 73.2 Å². The van der Waals surface area contributed by atoms with Crippen LogP contribution in [0, 0.1) is 17.8 Å². The SMILES string of the molecule is C=CCC/C1=C/C[C@H](O[C@@H]2O[C@@H](C)[C@H](O)[C@@H](O)[C@@H]2O)[C@H](C)C(=O)C[C@@H](O)C[C@@H](O)C[C@@H](O)/C=C/C[C@@H](O)C[C@@H](O)C[C@@H](O)C[C@H](/C=C/C[C@@H](O)/C=C/C[C@H](O)CCCN)OC(=O)CC/C=C/C=C/C=C/C=C/C=C/[C@H](C)[C@H](O)[C@H](C)[C@@H](O)/C=C/CC1. The molecule has 2 aliphatic heterocycles. The molecule has 2 heterocycles. The molecular weight excluding hydrogens is 1110 g/mol. The molecule has 0 saturated carbocycles. The minimum atomic E-state index is -1.65. The van der Waals surface area contributed by atoms with Crippen molar-refractivity contribution in [1.29, 1.82) is 0 Å². The molecule has 1 fully saturated rings. The zero-order valence-electron chi connectivity index (χ0n) is 51.2. The second kappa shape index (κ2) is 45.0. The first-order valence-corrected chi connectivity index (χ1v) is 30.8. The molecule has 0 radical (unpaired) electrons. The van der Waals surface area contributed by atoms with Gasteiger partial charge in [-0.15, -0.1) is 6.58 Å². The Bertz CT molecular complexity index is 2190. The van der Waals surface area contributed by atoms with Crippen LogP contribution >= 0.6 is 0 Å². The van der Waals surface area contributed by atoms with Crippen LogP contribution in [0.15, 0.2) is 134 Å². The van der Waals surface area contributed by atoms with E-state index in [9.17, 15) is 76.0 Å². The van der Waals surface area contributed by atoms with Gasteiger partial charge in [0.15, 0.2) is 6.29 Å². The summed E-state index contributed by atoms with van der Waals surface area (Å²) in [6, 6.07) is 0. The van der Waals surface area contributed by atoms with E-state index in [2.05, 4.69) is 6.58 Å². The first-order chi connectivity index (χ1) is 40.9. The normalized spacial score (nSPS) is 37.6. The largest absolute Gasteiger partial charge is 0.458 e. The molecule has 0 spiro atoms. The van der Waals surface area contributed by atoms with E-state index in [1.165, 1.54) is 19.1 Å². The highest BCUT2D eigenvalue weighted by atomic mass is 16.7. The fourth-order valence-electron chi connectivity index (χ4n) is 9.81. The summed E-state index contributed by atoms with van der Waals surface area (Å²) in [4.78, 5) is 26.8. The predicted octanol–water partition coefficient (Wildman–Crippen LogP) is 5.31. The van der Waals surface area contributed by atoms with Crippen LogP contribution in [0.1, 0.15) is 143 Å². The minimum absolute atomic E-state index is 0.000868. The molecule has 1 saturated heterocycles. The van der Waals surface area contributed by atoms with Crippen LogP contribution < -0.4 is 5.73 Å². The smallest absolute Gasteiger partial charge is 0.306 e. The number of carbonyl (C=O) groups excluding carboxylic acids is 2. The van der Waals surface area contributed by atoms with E-state index in [0.717, 1.165) is 5.57 Å². The molecule has 0 amide bonds. The highest BCUT2D eigenvalue weighted by Crippen LogP contribution is 2.29. The number of rotatable bonds is 14. The maximum atomic E-state index is 13.9. The van der Waals surface area contributed by atoms with Gasteiger partial charge < -0.3 is 86.3 Å². The number of hydrogen-bond donors (Lipinski definition) is 14. The van der Waals surface area contributed by atoms with E-state index in [4.69, 9.17) is 19.9 Å². The molecule has 0 unspecified atom stereocenters. The summed E-state index contributed by atoms with van der Waals surface area (Å²) in [5.74, 6) is -2.68. The van der Waals surface area contributed by atoms with Crippen LogP contribution in [-0.2, 0) is 23.8 Å². The molecule has 2 aliphatic rings. The quantitative estimate of drug-likeness (QED) is 0.0774. The zero-order chi connectivity index (χ0) is 64.0. The van der Waals surface area contributed by atoms with E-state index in [1.54, 1.807) is 68.5 Å². The number of aliphatic hydroxyl groups excluding tert-OH is 13. The number of nitrogens with two attached hydrogens (primary N) is 1. The van der Waals surface area contributed by atoms with Gasteiger partial charge in [-0.2, -0.15) is 0 Å². The van der Waals surface area contributed by atoms with Gasteiger partial charge in [0.25, 0.3) is 0 Å². The second-order valence-electron chi connectivity index (χ2n) is 23.1. The number of allylic oxidation sites excluding steroid dienone is 12. The summed E-state index contributed by atoms with van der Waals surface area (Å²) in [6.45, 7) is 11.1. The highest BCUT2D eigenvalue weighted by Gasteiger charge is 2.44. The number of ketones is 1. The van der Waals surface area contributed by atoms with Crippen LogP contribution in [0.25, 0.3) is 0 Å². The Morgan fingerprint density at radius 2 is 1.31 bits per heavy atom. The van der Waals surface area contributed by atoms with Gasteiger partial charge in [0, 0.05) is 43.4 Å². The molecular formula is C67H107NO18. The third-order valence-electron chi connectivity index (χ3n) is 15.3. The van der Waals surface area contributed by atoms with E-state index in [1.807, 2.05) is 61.6 Å². The first-order valence-electron chi connectivity index (χ1n) is 30.8. The van der Waals surface area contributed by atoms with Gasteiger partial charge in [0.2, 0.25) is 0 Å². The zero-order valence-corrected chi connectivity index (χ0v) is 51.2. The Morgan fingerprint density at radius 1 is 0.674 bits per heavy atom. The summed E-state index contributed by atoms with van der Waals surface area (Å²) >= 11 is 0. The summed E-state index contributed by atoms with van der Waals surface area (Å²) in [6.07, 6.45) is 18.6. The number of cyclic esters (lactones) is 1. The Morgan fingerprint density at radius 3 is 2.01 bits per heavy atom. The molecule has 0 bridgehead atoms.